The highest BCUT2D eigenvalue weighted by molar-refractivity contribution is 9.10. The molecule has 0 radical (unpaired) electrons. The Hall–Kier alpha value is -1.35. The van der Waals surface area contributed by atoms with E-state index in [1.165, 1.54) is 16.7 Å². The van der Waals surface area contributed by atoms with E-state index in [0.717, 1.165) is 0 Å². The van der Waals surface area contributed by atoms with Gasteiger partial charge in [0.2, 0.25) is 0 Å². The van der Waals surface area contributed by atoms with Gasteiger partial charge in [0.25, 0.3) is 5.56 Å². The highest BCUT2D eigenvalue weighted by atomic mass is 79.9. The SMILES string of the molecule is Cc1ccc(C)c(Cn2cccc(Br)c2=O)c1. The third-order valence-electron chi connectivity index (χ3n) is 2.82. The van der Waals surface area contributed by atoms with E-state index in [0.29, 0.717) is 11.0 Å². The summed E-state index contributed by atoms with van der Waals surface area (Å²) in [5.41, 5.74) is 3.62. The van der Waals surface area contributed by atoms with Gasteiger partial charge < -0.3 is 4.57 Å². The van der Waals surface area contributed by atoms with Gasteiger partial charge >= 0.3 is 0 Å². The van der Waals surface area contributed by atoms with Crippen LogP contribution in [-0.4, -0.2) is 4.57 Å². The van der Waals surface area contributed by atoms with Crippen molar-refractivity contribution in [3.8, 4) is 0 Å². The monoisotopic (exact) mass is 291 g/mol. The second kappa shape index (κ2) is 4.88. The molecule has 88 valence electrons. The Labute approximate surface area is 109 Å². The fourth-order valence-electron chi connectivity index (χ4n) is 1.79. The molecule has 2 rings (SSSR count). The van der Waals surface area contributed by atoms with Gasteiger partial charge in [0.05, 0.1) is 11.0 Å². The number of halogens is 1. The number of aryl methyl sites for hydroxylation is 2. The molecule has 1 heterocycles. The molecule has 2 aromatic rings. The number of nitrogens with zero attached hydrogens (tertiary/aromatic N) is 1. The van der Waals surface area contributed by atoms with Crippen LogP contribution in [-0.2, 0) is 6.54 Å². The Morgan fingerprint density at radius 1 is 1.24 bits per heavy atom. The van der Waals surface area contributed by atoms with Crippen molar-refractivity contribution < 1.29 is 0 Å². The zero-order valence-corrected chi connectivity index (χ0v) is 11.5. The molecule has 0 saturated heterocycles. The molecule has 2 nitrogen and oxygen atoms in total. The molecule has 0 aliphatic heterocycles. The third kappa shape index (κ3) is 2.67. The summed E-state index contributed by atoms with van der Waals surface area (Å²) in [6.07, 6.45) is 1.81. The van der Waals surface area contributed by atoms with Gasteiger partial charge in [0, 0.05) is 6.20 Å². The predicted molar refractivity (Wildman–Crippen MR) is 73.4 cm³/mol. The van der Waals surface area contributed by atoms with Crippen LogP contribution in [0.3, 0.4) is 0 Å². The molecule has 3 heteroatoms. The van der Waals surface area contributed by atoms with Crippen LogP contribution < -0.4 is 5.56 Å². The van der Waals surface area contributed by atoms with Gasteiger partial charge in [0.1, 0.15) is 0 Å². The predicted octanol–water partition coefficient (Wildman–Crippen LogP) is 3.28. The molecule has 1 aromatic carbocycles. The first kappa shape index (κ1) is 12.1. The smallest absolute Gasteiger partial charge is 0.265 e. The highest BCUT2D eigenvalue weighted by Gasteiger charge is 2.03. The van der Waals surface area contributed by atoms with E-state index in [-0.39, 0.29) is 5.56 Å². The Morgan fingerprint density at radius 3 is 2.76 bits per heavy atom. The molecule has 0 N–H and O–H groups in total. The van der Waals surface area contributed by atoms with E-state index >= 15 is 0 Å². The van der Waals surface area contributed by atoms with Gasteiger partial charge in [-0.2, -0.15) is 0 Å². The molecule has 17 heavy (non-hydrogen) atoms. The molecular formula is C14H14BrNO. The average Bonchev–Trinajstić information content (AvgIpc) is 2.30. The Morgan fingerprint density at radius 2 is 2.00 bits per heavy atom. The van der Waals surface area contributed by atoms with Crippen molar-refractivity contribution in [1.82, 2.24) is 4.57 Å². The second-order valence-electron chi connectivity index (χ2n) is 4.22. The number of hydrogen-bond acceptors (Lipinski definition) is 1. The quantitative estimate of drug-likeness (QED) is 0.832. The first-order valence-electron chi connectivity index (χ1n) is 5.49. The van der Waals surface area contributed by atoms with Crippen molar-refractivity contribution in [3.63, 3.8) is 0 Å². The van der Waals surface area contributed by atoms with E-state index < -0.39 is 0 Å². The summed E-state index contributed by atoms with van der Waals surface area (Å²) in [7, 11) is 0. The Bertz CT molecular complexity index is 601. The molecule has 0 bridgehead atoms. The van der Waals surface area contributed by atoms with Crippen LogP contribution in [0.2, 0.25) is 0 Å². The van der Waals surface area contributed by atoms with Crippen LogP contribution in [0.15, 0.2) is 45.8 Å². The van der Waals surface area contributed by atoms with Gasteiger partial charge in [-0.1, -0.05) is 23.8 Å². The molecule has 0 spiro atoms. The summed E-state index contributed by atoms with van der Waals surface area (Å²) >= 11 is 3.26. The van der Waals surface area contributed by atoms with Crippen LogP contribution >= 0.6 is 15.9 Å². The molecule has 0 fully saturated rings. The molecule has 0 aliphatic carbocycles. The van der Waals surface area contributed by atoms with Gasteiger partial charge in [0.15, 0.2) is 0 Å². The van der Waals surface area contributed by atoms with Crippen molar-refractivity contribution in [1.29, 1.82) is 0 Å². The number of aromatic nitrogens is 1. The van der Waals surface area contributed by atoms with Gasteiger partial charge in [-0.05, 0) is 53.0 Å². The highest BCUT2D eigenvalue weighted by Crippen LogP contribution is 2.12. The zero-order chi connectivity index (χ0) is 12.4. The molecule has 0 saturated carbocycles. The fourth-order valence-corrected chi connectivity index (χ4v) is 2.17. The maximum atomic E-state index is 11.9. The zero-order valence-electron chi connectivity index (χ0n) is 9.90. The molecular weight excluding hydrogens is 278 g/mol. The molecule has 0 unspecified atom stereocenters. The van der Waals surface area contributed by atoms with Crippen molar-refractivity contribution in [2.45, 2.75) is 20.4 Å². The molecule has 1 aromatic heterocycles. The number of hydrogen-bond donors (Lipinski definition) is 0. The fraction of sp³-hybridized carbons (Fsp3) is 0.214. The Kier molecular flexibility index (Phi) is 3.48. The van der Waals surface area contributed by atoms with E-state index in [4.69, 9.17) is 0 Å². The van der Waals surface area contributed by atoms with Gasteiger partial charge in [-0.3, -0.25) is 4.79 Å². The largest absolute Gasteiger partial charge is 0.310 e. The average molecular weight is 292 g/mol. The van der Waals surface area contributed by atoms with Crippen LogP contribution in [0.4, 0.5) is 0 Å². The van der Waals surface area contributed by atoms with Crippen LogP contribution in [0.25, 0.3) is 0 Å². The summed E-state index contributed by atoms with van der Waals surface area (Å²) in [4.78, 5) is 11.9. The Balaban J connectivity index is 2.41. The lowest BCUT2D eigenvalue weighted by molar-refractivity contribution is 0.750. The standard InChI is InChI=1S/C14H14BrNO/c1-10-5-6-11(2)12(8-10)9-16-7-3-4-13(15)14(16)17/h3-8H,9H2,1-2H3. The van der Waals surface area contributed by atoms with Crippen molar-refractivity contribution in [2.24, 2.45) is 0 Å². The van der Waals surface area contributed by atoms with E-state index in [2.05, 4.69) is 48.0 Å². The minimum Gasteiger partial charge on any atom is -0.310 e. The number of benzene rings is 1. The summed E-state index contributed by atoms with van der Waals surface area (Å²) in [6, 6.07) is 9.94. The summed E-state index contributed by atoms with van der Waals surface area (Å²) in [6.45, 7) is 4.75. The molecule has 0 aliphatic rings. The van der Waals surface area contributed by atoms with E-state index in [9.17, 15) is 4.79 Å². The number of rotatable bonds is 2. The first-order chi connectivity index (χ1) is 8.08. The summed E-state index contributed by atoms with van der Waals surface area (Å²) in [5.74, 6) is 0. The molecule has 0 atom stereocenters. The van der Waals surface area contributed by atoms with E-state index in [1.54, 1.807) is 10.6 Å². The lowest BCUT2D eigenvalue weighted by Gasteiger charge is -2.09. The summed E-state index contributed by atoms with van der Waals surface area (Å²) < 4.78 is 2.32. The van der Waals surface area contributed by atoms with Crippen molar-refractivity contribution in [3.05, 3.63) is 68.0 Å². The number of pyridine rings is 1. The maximum Gasteiger partial charge on any atom is 0.265 e. The molecule has 0 amide bonds. The summed E-state index contributed by atoms with van der Waals surface area (Å²) in [5, 5.41) is 0. The minimum atomic E-state index is 0.00778. The first-order valence-corrected chi connectivity index (χ1v) is 6.28. The van der Waals surface area contributed by atoms with Gasteiger partial charge in [-0.15, -0.1) is 0 Å². The van der Waals surface area contributed by atoms with Crippen LogP contribution in [0, 0.1) is 13.8 Å². The lowest BCUT2D eigenvalue weighted by atomic mass is 10.1. The van der Waals surface area contributed by atoms with Crippen molar-refractivity contribution in [2.75, 3.05) is 0 Å². The third-order valence-corrected chi connectivity index (χ3v) is 3.42. The van der Waals surface area contributed by atoms with E-state index in [1.807, 2.05) is 12.3 Å². The second-order valence-corrected chi connectivity index (χ2v) is 5.07. The van der Waals surface area contributed by atoms with Crippen LogP contribution in [0.1, 0.15) is 16.7 Å². The normalized spacial score (nSPS) is 10.5. The maximum absolute atomic E-state index is 11.9. The van der Waals surface area contributed by atoms with Gasteiger partial charge in [-0.25, -0.2) is 0 Å². The lowest BCUT2D eigenvalue weighted by Crippen LogP contribution is -2.20. The minimum absolute atomic E-state index is 0.00778. The van der Waals surface area contributed by atoms with Crippen LogP contribution in [0.5, 0.6) is 0 Å². The topological polar surface area (TPSA) is 22.0 Å². The van der Waals surface area contributed by atoms with Crippen molar-refractivity contribution >= 4 is 15.9 Å².